The summed E-state index contributed by atoms with van der Waals surface area (Å²) in [4.78, 5) is 18.6. The van der Waals surface area contributed by atoms with Crippen molar-refractivity contribution in [1.29, 1.82) is 0 Å². The molecule has 20 heavy (non-hydrogen) atoms. The van der Waals surface area contributed by atoms with Gasteiger partial charge in [0, 0.05) is 31.9 Å². The summed E-state index contributed by atoms with van der Waals surface area (Å²) in [5, 5.41) is 2.99. The molecule has 2 heterocycles. The molecule has 0 radical (unpaired) electrons. The lowest BCUT2D eigenvalue weighted by atomic mass is 9.99. The van der Waals surface area contributed by atoms with Crippen LogP contribution in [0.5, 0.6) is 0 Å². The van der Waals surface area contributed by atoms with Gasteiger partial charge in [0.15, 0.2) is 0 Å². The third-order valence-corrected chi connectivity index (χ3v) is 3.64. The molecule has 1 aliphatic rings. The number of amides is 1. The van der Waals surface area contributed by atoms with E-state index in [1.54, 1.807) is 0 Å². The molecule has 1 amide bonds. The highest BCUT2D eigenvalue weighted by Gasteiger charge is 2.23. The zero-order valence-electron chi connectivity index (χ0n) is 11.5. The van der Waals surface area contributed by atoms with Crippen molar-refractivity contribution in [3.05, 3.63) is 59.3 Å². The highest BCUT2D eigenvalue weighted by atomic mass is 16.2. The summed E-state index contributed by atoms with van der Waals surface area (Å²) < 4.78 is 0. The zero-order chi connectivity index (χ0) is 13.9. The first-order valence-corrected chi connectivity index (χ1v) is 6.78. The fourth-order valence-corrected chi connectivity index (χ4v) is 2.51. The summed E-state index contributed by atoms with van der Waals surface area (Å²) in [5.41, 5.74) is 3.03. The van der Waals surface area contributed by atoms with Crippen LogP contribution in [-0.4, -0.2) is 29.4 Å². The number of fused-ring (bicyclic) bond motifs is 1. The molecule has 0 saturated heterocycles. The van der Waals surface area contributed by atoms with E-state index in [1.807, 2.05) is 54.5 Å². The second kappa shape index (κ2) is 5.33. The quantitative estimate of drug-likeness (QED) is 0.928. The average molecular weight is 267 g/mol. The predicted octanol–water partition coefficient (Wildman–Crippen LogP) is 2.32. The van der Waals surface area contributed by atoms with Crippen LogP contribution in [0.4, 0.5) is 5.82 Å². The smallest absolute Gasteiger partial charge is 0.254 e. The van der Waals surface area contributed by atoms with Gasteiger partial charge in [-0.1, -0.05) is 24.3 Å². The molecule has 0 aliphatic carbocycles. The maximum atomic E-state index is 12.4. The summed E-state index contributed by atoms with van der Waals surface area (Å²) in [5.74, 6) is 0.952. The van der Waals surface area contributed by atoms with Gasteiger partial charge in [0.1, 0.15) is 5.82 Å². The second-order valence-corrected chi connectivity index (χ2v) is 4.94. The number of pyridine rings is 1. The highest BCUT2D eigenvalue weighted by Crippen LogP contribution is 2.20. The lowest BCUT2D eigenvalue weighted by Crippen LogP contribution is -2.36. The molecule has 2 aromatic rings. The predicted molar refractivity (Wildman–Crippen MR) is 78.7 cm³/mol. The molecule has 0 bridgehead atoms. The van der Waals surface area contributed by atoms with Crippen LogP contribution in [0.2, 0.25) is 0 Å². The van der Waals surface area contributed by atoms with Crippen LogP contribution in [0.3, 0.4) is 0 Å². The SMILES string of the molecule is CNc1ccc(CN2CCc3ccccc3C2=O)cn1. The van der Waals surface area contributed by atoms with E-state index < -0.39 is 0 Å². The minimum atomic E-state index is 0.115. The van der Waals surface area contributed by atoms with Crippen molar-refractivity contribution < 1.29 is 4.79 Å². The van der Waals surface area contributed by atoms with Crippen molar-refractivity contribution in [2.75, 3.05) is 18.9 Å². The Morgan fingerprint density at radius 1 is 1.25 bits per heavy atom. The lowest BCUT2D eigenvalue weighted by molar-refractivity contribution is 0.0727. The first kappa shape index (κ1) is 12.7. The number of aromatic nitrogens is 1. The van der Waals surface area contributed by atoms with Crippen molar-refractivity contribution >= 4 is 11.7 Å². The summed E-state index contributed by atoms with van der Waals surface area (Å²) in [6, 6.07) is 11.8. The maximum Gasteiger partial charge on any atom is 0.254 e. The molecule has 3 rings (SSSR count). The highest BCUT2D eigenvalue weighted by molar-refractivity contribution is 5.96. The van der Waals surface area contributed by atoms with Gasteiger partial charge in [0.25, 0.3) is 5.91 Å². The first-order valence-electron chi connectivity index (χ1n) is 6.78. The Bertz CT molecular complexity index is 622. The van der Waals surface area contributed by atoms with Gasteiger partial charge >= 0.3 is 0 Å². The second-order valence-electron chi connectivity index (χ2n) is 4.94. The Morgan fingerprint density at radius 2 is 2.10 bits per heavy atom. The van der Waals surface area contributed by atoms with Gasteiger partial charge in [0.05, 0.1) is 0 Å². The monoisotopic (exact) mass is 267 g/mol. The largest absolute Gasteiger partial charge is 0.373 e. The molecule has 0 atom stereocenters. The van der Waals surface area contributed by atoms with Crippen LogP contribution in [0, 0.1) is 0 Å². The number of anilines is 1. The van der Waals surface area contributed by atoms with E-state index in [-0.39, 0.29) is 5.91 Å². The summed E-state index contributed by atoms with van der Waals surface area (Å²) in [7, 11) is 1.84. The first-order chi connectivity index (χ1) is 9.78. The zero-order valence-corrected chi connectivity index (χ0v) is 11.5. The normalized spacial score (nSPS) is 14.1. The Morgan fingerprint density at radius 3 is 2.85 bits per heavy atom. The number of nitrogens with one attached hydrogen (secondary N) is 1. The number of nitrogens with zero attached hydrogens (tertiary/aromatic N) is 2. The van der Waals surface area contributed by atoms with E-state index in [1.165, 1.54) is 0 Å². The fraction of sp³-hybridized carbons (Fsp3) is 0.250. The number of carbonyl (C=O) groups is 1. The molecule has 1 aromatic heterocycles. The standard InChI is InChI=1S/C16H17N3O/c1-17-15-7-6-12(10-18-15)11-19-9-8-13-4-2-3-5-14(13)16(19)20/h2-7,10H,8-9,11H2,1H3,(H,17,18). The Hall–Kier alpha value is -2.36. The van der Waals surface area contributed by atoms with Gasteiger partial charge in [-0.15, -0.1) is 0 Å². The van der Waals surface area contributed by atoms with Crippen molar-refractivity contribution in [2.45, 2.75) is 13.0 Å². The topological polar surface area (TPSA) is 45.2 Å². The van der Waals surface area contributed by atoms with Crippen LogP contribution in [0.15, 0.2) is 42.6 Å². The molecule has 1 N–H and O–H groups in total. The van der Waals surface area contributed by atoms with Gasteiger partial charge < -0.3 is 10.2 Å². The van der Waals surface area contributed by atoms with Crippen LogP contribution in [-0.2, 0) is 13.0 Å². The molecule has 4 heteroatoms. The van der Waals surface area contributed by atoms with E-state index >= 15 is 0 Å². The molecule has 1 aliphatic heterocycles. The van der Waals surface area contributed by atoms with Crippen molar-refractivity contribution in [1.82, 2.24) is 9.88 Å². The fourth-order valence-electron chi connectivity index (χ4n) is 2.51. The van der Waals surface area contributed by atoms with Crippen LogP contribution in [0.1, 0.15) is 21.5 Å². The van der Waals surface area contributed by atoms with Gasteiger partial charge in [-0.05, 0) is 29.7 Å². The number of carbonyl (C=O) groups excluding carboxylic acids is 1. The molecule has 0 fully saturated rings. The van der Waals surface area contributed by atoms with Gasteiger partial charge in [0.2, 0.25) is 0 Å². The Labute approximate surface area is 118 Å². The third kappa shape index (κ3) is 2.37. The van der Waals surface area contributed by atoms with Crippen LogP contribution in [0.25, 0.3) is 0 Å². The summed E-state index contributed by atoms with van der Waals surface area (Å²) in [6.45, 7) is 1.38. The number of hydrogen-bond donors (Lipinski definition) is 1. The number of benzene rings is 1. The minimum absolute atomic E-state index is 0.115. The van der Waals surface area contributed by atoms with Crippen molar-refractivity contribution in [3.8, 4) is 0 Å². The van der Waals surface area contributed by atoms with E-state index in [0.29, 0.717) is 6.54 Å². The molecular formula is C16H17N3O. The number of rotatable bonds is 3. The van der Waals surface area contributed by atoms with Gasteiger partial charge in [-0.3, -0.25) is 4.79 Å². The van der Waals surface area contributed by atoms with Crippen molar-refractivity contribution in [2.24, 2.45) is 0 Å². The summed E-state index contributed by atoms with van der Waals surface area (Å²) in [6.07, 6.45) is 2.74. The van der Waals surface area contributed by atoms with E-state index in [0.717, 1.165) is 35.5 Å². The van der Waals surface area contributed by atoms with E-state index in [9.17, 15) is 4.79 Å². The maximum absolute atomic E-state index is 12.4. The third-order valence-electron chi connectivity index (χ3n) is 3.64. The molecule has 0 spiro atoms. The molecule has 0 saturated carbocycles. The molecule has 1 aromatic carbocycles. The van der Waals surface area contributed by atoms with E-state index in [2.05, 4.69) is 10.3 Å². The van der Waals surface area contributed by atoms with Crippen LogP contribution >= 0.6 is 0 Å². The molecular weight excluding hydrogens is 250 g/mol. The van der Waals surface area contributed by atoms with Gasteiger partial charge in [-0.2, -0.15) is 0 Å². The van der Waals surface area contributed by atoms with Crippen molar-refractivity contribution in [3.63, 3.8) is 0 Å². The summed E-state index contributed by atoms with van der Waals surface area (Å²) >= 11 is 0. The van der Waals surface area contributed by atoms with E-state index in [4.69, 9.17) is 0 Å². The number of hydrogen-bond acceptors (Lipinski definition) is 3. The molecule has 4 nitrogen and oxygen atoms in total. The van der Waals surface area contributed by atoms with Crippen LogP contribution < -0.4 is 5.32 Å². The Kier molecular flexibility index (Phi) is 3.37. The lowest BCUT2D eigenvalue weighted by Gasteiger charge is -2.28. The van der Waals surface area contributed by atoms with Gasteiger partial charge in [-0.25, -0.2) is 4.98 Å². The average Bonchev–Trinajstić information content (AvgIpc) is 2.51. The molecule has 102 valence electrons. The Balaban J connectivity index is 1.77. The molecule has 0 unspecified atom stereocenters. The minimum Gasteiger partial charge on any atom is -0.373 e.